The quantitative estimate of drug-likeness (QED) is 0.774. The highest BCUT2D eigenvalue weighted by Crippen LogP contribution is 2.37. The molecule has 2 nitrogen and oxygen atoms in total. The van der Waals surface area contributed by atoms with E-state index in [9.17, 15) is 4.79 Å². The highest BCUT2D eigenvalue weighted by molar-refractivity contribution is 9.10. The lowest BCUT2D eigenvalue weighted by molar-refractivity contribution is -0.130. The van der Waals surface area contributed by atoms with Crippen molar-refractivity contribution < 1.29 is 4.79 Å². The average Bonchev–Trinajstić information content (AvgIpc) is 2.93. The monoisotopic (exact) mass is 337 g/mol. The topological polar surface area (TPSA) is 20.3 Å². The van der Waals surface area contributed by atoms with Crippen LogP contribution in [0.25, 0.3) is 0 Å². The van der Waals surface area contributed by atoms with Gasteiger partial charge in [0, 0.05) is 10.9 Å². The molecule has 0 bridgehead atoms. The molecule has 1 fully saturated rings. The van der Waals surface area contributed by atoms with E-state index in [1.54, 1.807) is 0 Å². The maximum atomic E-state index is 12.9. The Bertz CT molecular complexity index is 445. The standard InChI is InChI=1S/C17H24BrNO/c1-3-19(4-2)17(11-5-6-12-17)16(20)13-14-7-9-15(18)10-8-14/h7-10H,3-6,11-13H2,1-2H3. The number of hydrogen-bond acceptors (Lipinski definition) is 2. The Balaban J connectivity index is 2.17. The van der Waals surface area contributed by atoms with Gasteiger partial charge in [0.2, 0.25) is 0 Å². The van der Waals surface area contributed by atoms with Gasteiger partial charge in [0.05, 0.1) is 5.54 Å². The zero-order chi connectivity index (χ0) is 14.6. The first-order valence-corrected chi connectivity index (χ1v) is 8.44. The van der Waals surface area contributed by atoms with Crippen molar-refractivity contribution >= 4 is 21.7 Å². The minimum Gasteiger partial charge on any atom is -0.297 e. The number of rotatable bonds is 6. The predicted molar refractivity (Wildman–Crippen MR) is 87.0 cm³/mol. The summed E-state index contributed by atoms with van der Waals surface area (Å²) in [6.45, 7) is 6.25. The third-order valence-electron chi connectivity index (χ3n) is 4.60. The average molecular weight is 338 g/mol. The lowest BCUT2D eigenvalue weighted by atomic mass is 9.86. The van der Waals surface area contributed by atoms with Crippen LogP contribution in [0.4, 0.5) is 0 Å². The van der Waals surface area contributed by atoms with Gasteiger partial charge < -0.3 is 0 Å². The summed E-state index contributed by atoms with van der Waals surface area (Å²) in [6, 6.07) is 8.13. The van der Waals surface area contributed by atoms with Crippen molar-refractivity contribution in [1.29, 1.82) is 0 Å². The van der Waals surface area contributed by atoms with Gasteiger partial charge in [0.25, 0.3) is 0 Å². The first-order valence-electron chi connectivity index (χ1n) is 7.65. The normalized spacial score (nSPS) is 17.6. The molecule has 1 aliphatic rings. The highest BCUT2D eigenvalue weighted by Gasteiger charge is 2.44. The van der Waals surface area contributed by atoms with Gasteiger partial charge >= 0.3 is 0 Å². The maximum absolute atomic E-state index is 12.9. The van der Waals surface area contributed by atoms with E-state index in [0.29, 0.717) is 12.2 Å². The third kappa shape index (κ3) is 3.15. The Labute approximate surface area is 130 Å². The van der Waals surface area contributed by atoms with E-state index < -0.39 is 0 Å². The Kier molecular flexibility index (Phi) is 5.39. The molecule has 0 N–H and O–H groups in total. The second kappa shape index (κ2) is 6.86. The fourth-order valence-electron chi connectivity index (χ4n) is 3.51. The second-order valence-corrected chi connectivity index (χ2v) is 6.55. The van der Waals surface area contributed by atoms with Crippen LogP contribution in [0.1, 0.15) is 45.1 Å². The third-order valence-corrected chi connectivity index (χ3v) is 5.13. The Hall–Kier alpha value is -0.670. The summed E-state index contributed by atoms with van der Waals surface area (Å²) in [7, 11) is 0. The predicted octanol–water partition coefficient (Wildman–Crippen LogP) is 4.22. The largest absolute Gasteiger partial charge is 0.297 e. The van der Waals surface area contributed by atoms with E-state index in [0.717, 1.165) is 36.0 Å². The zero-order valence-corrected chi connectivity index (χ0v) is 14.1. The van der Waals surface area contributed by atoms with Gasteiger partial charge in [0.1, 0.15) is 0 Å². The lowest BCUT2D eigenvalue weighted by Gasteiger charge is -2.39. The molecule has 20 heavy (non-hydrogen) atoms. The van der Waals surface area contributed by atoms with Crippen molar-refractivity contribution in [3.63, 3.8) is 0 Å². The number of ketones is 1. The van der Waals surface area contributed by atoms with E-state index >= 15 is 0 Å². The van der Waals surface area contributed by atoms with Crippen molar-refractivity contribution in [2.75, 3.05) is 13.1 Å². The van der Waals surface area contributed by atoms with Crippen molar-refractivity contribution in [1.82, 2.24) is 4.90 Å². The van der Waals surface area contributed by atoms with Gasteiger partial charge in [0.15, 0.2) is 5.78 Å². The molecule has 3 heteroatoms. The molecule has 1 aromatic rings. The van der Waals surface area contributed by atoms with Gasteiger partial charge in [-0.3, -0.25) is 9.69 Å². The smallest absolute Gasteiger partial charge is 0.157 e. The first kappa shape index (κ1) is 15.7. The van der Waals surface area contributed by atoms with Crippen LogP contribution in [0.2, 0.25) is 0 Å². The van der Waals surface area contributed by atoms with Crippen LogP contribution >= 0.6 is 15.9 Å². The fraction of sp³-hybridized carbons (Fsp3) is 0.588. The van der Waals surface area contributed by atoms with Gasteiger partial charge in [-0.2, -0.15) is 0 Å². The molecule has 0 atom stereocenters. The second-order valence-electron chi connectivity index (χ2n) is 5.64. The summed E-state index contributed by atoms with van der Waals surface area (Å²) in [5.74, 6) is 0.404. The molecule has 0 heterocycles. The van der Waals surface area contributed by atoms with Crippen LogP contribution in [-0.2, 0) is 11.2 Å². The molecular weight excluding hydrogens is 314 g/mol. The summed E-state index contributed by atoms with van der Waals surface area (Å²) < 4.78 is 1.06. The molecule has 0 amide bonds. The Morgan fingerprint density at radius 1 is 1.15 bits per heavy atom. The van der Waals surface area contributed by atoms with Crippen molar-refractivity contribution in [2.45, 2.75) is 51.5 Å². The summed E-state index contributed by atoms with van der Waals surface area (Å²) >= 11 is 3.44. The molecule has 0 saturated heterocycles. The van der Waals surface area contributed by atoms with E-state index in [1.165, 1.54) is 12.8 Å². The van der Waals surface area contributed by atoms with Crippen LogP contribution in [0.3, 0.4) is 0 Å². The van der Waals surface area contributed by atoms with Gasteiger partial charge in [-0.05, 0) is 43.6 Å². The summed E-state index contributed by atoms with van der Waals surface area (Å²) in [4.78, 5) is 15.3. The van der Waals surface area contributed by atoms with Crippen LogP contribution in [-0.4, -0.2) is 29.3 Å². The number of likely N-dealkylation sites (N-methyl/N-ethyl adjacent to an activating group) is 1. The molecule has 1 aromatic carbocycles. The van der Waals surface area contributed by atoms with E-state index in [1.807, 2.05) is 24.3 Å². The molecule has 0 aromatic heterocycles. The number of carbonyl (C=O) groups excluding carboxylic acids is 1. The van der Waals surface area contributed by atoms with Gasteiger partial charge in [-0.25, -0.2) is 0 Å². The Morgan fingerprint density at radius 2 is 1.70 bits per heavy atom. The summed E-state index contributed by atoms with van der Waals surface area (Å²) in [5, 5.41) is 0. The fourth-order valence-corrected chi connectivity index (χ4v) is 3.78. The molecule has 1 aliphatic carbocycles. The molecule has 0 unspecified atom stereocenters. The minimum atomic E-state index is -0.198. The number of halogens is 1. The molecule has 0 spiro atoms. The van der Waals surface area contributed by atoms with Crippen LogP contribution in [0.5, 0.6) is 0 Å². The molecule has 110 valence electrons. The maximum Gasteiger partial charge on any atom is 0.157 e. The van der Waals surface area contributed by atoms with Crippen LogP contribution < -0.4 is 0 Å². The summed E-state index contributed by atoms with van der Waals surface area (Å²) in [5.41, 5.74) is 0.924. The van der Waals surface area contributed by atoms with Gasteiger partial charge in [-0.15, -0.1) is 0 Å². The van der Waals surface area contributed by atoms with Crippen molar-refractivity contribution in [3.05, 3.63) is 34.3 Å². The first-order chi connectivity index (χ1) is 9.62. The number of hydrogen-bond donors (Lipinski definition) is 0. The molecule has 0 radical (unpaired) electrons. The van der Waals surface area contributed by atoms with Crippen LogP contribution in [0, 0.1) is 0 Å². The zero-order valence-electron chi connectivity index (χ0n) is 12.5. The SMILES string of the molecule is CCN(CC)C1(C(=O)Cc2ccc(Br)cc2)CCCC1. The molecule has 1 saturated carbocycles. The van der Waals surface area contributed by atoms with E-state index in [4.69, 9.17) is 0 Å². The van der Waals surface area contributed by atoms with E-state index in [2.05, 4.69) is 34.7 Å². The number of carbonyl (C=O) groups is 1. The van der Waals surface area contributed by atoms with E-state index in [-0.39, 0.29) is 5.54 Å². The molecule has 2 rings (SSSR count). The number of Topliss-reactive ketones (excluding diaryl/α,β-unsaturated/α-hetero) is 1. The van der Waals surface area contributed by atoms with Crippen molar-refractivity contribution in [2.24, 2.45) is 0 Å². The lowest BCUT2D eigenvalue weighted by Crippen LogP contribution is -2.53. The minimum absolute atomic E-state index is 0.198. The number of nitrogens with zero attached hydrogens (tertiary/aromatic N) is 1. The summed E-state index contributed by atoms with van der Waals surface area (Å²) in [6.07, 6.45) is 4.99. The van der Waals surface area contributed by atoms with Gasteiger partial charge in [-0.1, -0.05) is 54.8 Å². The highest BCUT2D eigenvalue weighted by atomic mass is 79.9. The molecular formula is C17H24BrNO. The number of benzene rings is 1. The Morgan fingerprint density at radius 3 is 2.20 bits per heavy atom. The van der Waals surface area contributed by atoms with Crippen molar-refractivity contribution in [3.8, 4) is 0 Å². The van der Waals surface area contributed by atoms with Crippen LogP contribution in [0.15, 0.2) is 28.7 Å². The molecule has 0 aliphatic heterocycles.